The predicted octanol–water partition coefficient (Wildman–Crippen LogP) is 5.31. The molecule has 7 nitrogen and oxygen atoms in total. The molecule has 0 aliphatic heterocycles. The van der Waals surface area contributed by atoms with Crippen molar-refractivity contribution in [1.29, 1.82) is 0 Å². The molecule has 39 heavy (non-hydrogen) atoms. The van der Waals surface area contributed by atoms with Crippen molar-refractivity contribution < 1.29 is 18.0 Å². The summed E-state index contributed by atoms with van der Waals surface area (Å²) in [4.78, 5) is 29.1. The van der Waals surface area contributed by atoms with E-state index in [9.17, 15) is 18.0 Å². The fraction of sp³-hybridized carbons (Fsp3) is 0.310. The van der Waals surface area contributed by atoms with Crippen molar-refractivity contribution in [2.24, 2.45) is 0 Å². The summed E-state index contributed by atoms with van der Waals surface area (Å²) < 4.78 is 26.6. The molecule has 0 spiro atoms. The molecule has 3 aromatic rings. The molecule has 2 amide bonds. The lowest BCUT2D eigenvalue weighted by Gasteiger charge is -2.34. The Balaban J connectivity index is 2.07. The van der Waals surface area contributed by atoms with Gasteiger partial charge in [-0.1, -0.05) is 84.7 Å². The third-order valence-electron chi connectivity index (χ3n) is 6.35. The van der Waals surface area contributed by atoms with Crippen LogP contribution in [0.4, 0.5) is 5.69 Å². The van der Waals surface area contributed by atoms with Crippen LogP contribution in [0, 0.1) is 0 Å². The standard InChI is InChI=1S/C29H33Cl2N3O4S/c1-4-21(2)32-29(36)27(17-22-11-7-5-8-12-22)33(19-23-15-16-24(30)18-26(23)31)28(35)20-34(39(3,37)38)25-13-9-6-10-14-25/h5-16,18,21,27H,4,17,19-20H2,1-3H3,(H,32,36)/t21-,27+/m1/s1. The summed E-state index contributed by atoms with van der Waals surface area (Å²) in [7, 11) is -3.82. The molecule has 3 aromatic carbocycles. The second-order valence-electron chi connectivity index (χ2n) is 9.39. The van der Waals surface area contributed by atoms with Gasteiger partial charge in [-0.15, -0.1) is 0 Å². The number of nitrogens with zero attached hydrogens (tertiary/aromatic N) is 2. The fourth-order valence-electron chi connectivity index (χ4n) is 4.04. The Morgan fingerprint density at radius 2 is 1.56 bits per heavy atom. The molecule has 0 aliphatic rings. The number of halogens is 2. The second-order valence-corrected chi connectivity index (χ2v) is 12.1. The van der Waals surface area contributed by atoms with Crippen LogP contribution in [0.2, 0.25) is 10.0 Å². The van der Waals surface area contributed by atoms with Crippen LogP contribution in [0.5, 0.6) is 0 Å². The lowest BCUT2D eigenvalue weighted by molar-refractivity contribution is -0.140. The zero-order chi connectivity index (χ0) is 28.6. The molecule has 0 heterocycles. The van der Waals surface area contributed by atoms with Crippen molar-refractivity contribution in [2.75, 3.05) is 17.1 Å². The Kier molecular flexibility index (Phi) is 10.8. The van der Waals surface area contributed by atoms with Gasteiger partial charge in [0.1, 0.15) is 12.6 Å². The van der Waals surface area contributed by atoms with Crippen LogP contribution in [-0.4, -0.2) is 50.0 Å². The summed E-state index contributed by atoms with van der Waals surface area (Å²) in [6, 6.07) is 21.6. The number of amides is 2. The molecule has 0 bridgehead atoms. The van der Waals surface area contributed by atoms with Crippen molar-refractivity contribution in [1.82, 2.24) is 10.2 Å². The van der Waals surface area contributed by atoms with Gasteiger partial charge in [-0.3, -0.25) is 13.9 Å². The average molecular weight is 591 g/mol. The molecule has 0 radical (unpaired) electrons. The molecule has 0 saturated heterocycles. The summed E-state index contributed by atoms with van der Waals surface area (Å²) >= 11 is 12.6. The molecule has 0 unspecified atom stereocenters. The highest BCUT2D eigenvalue weighted by Crippen LogP contribution is 2.25. The minimum atomic E-state index is -3.82. The van der Waals surface area contributed by atoms with Crippen LogP contribution in [0.25, 0.3) is 0 Å². The lowest BCUT2D eigenvalue weighted by Crippen LogP contribution is -2.54. The Morgan fingerprint density at radius 1 is 0.949 bits per heavy atom. The highest BCUT2D eigenvalue weighted by molar-refractivity contribution is 7.92. The van der Waals surface area contributed by atoms with Crippen molar-refractivity contribution in [2.45, 2.75) is 45.3 Å². The van der Waals surface area contributed by atoms with Gasteiger partial charge in [0.05, 0.1) is 11.9 Å². The van der Waals surface area contributed by atoms with Gasteiger partial charge in [-0.25, -0.2) is 8.42 Å². The normalized spacial score (nSPS) is 12.8. The van der Waals surface area contributed by atoms with E-state index in [1.165, 1.54) is 4.90 Å². The Labute approximate surface area is 240 Å². The Bertz CT molecular complexity index is 1370. The van der Waals surface area contributed by atoms with E-state index in [4.69, 9.17) is 23.2 Å². The third-order valence-corrected chi connectivity index (χ3v) is 8.08. The first-order valence-corrected chi connectivity index (χ1v) is 15.2. The van der Waals surface area contributed by atoms with Gasteiger partial charge in [0.25, 0.3) is 0 Å². The van der Waals surface area contributed by atoms with E-state index in [-0.39, 0.29) is 24.9 Å². The first-order valence-electron chi connectivity index (χ1n) is 12.6. The number of benzene rings is 3. The largest absolute Gasteiger partial charge is 0.352 e. The van der Waals surface area contributed by atoms with Crippen LogP contribution in [0.1, 0.15) is 31.4 Å². The maximum atomic E-state index is 14.0. The van der Waals surface area contributed by atoms with E-state index in [2.05, 4.69) is 5.32 Å². The number of carbonyl (C=O) groups excluding carboxylic acids is 2. The Hall–Kier alpha value is -3.07. The molecule has 2 atom stereocenters. The molecule has 0 fully saturated rings. The van der Waals surface area contributed by atoms with Crippen LogP contribution in [-0.2, 0) is 32.6 Å². The first kappa shape index (κ1) is 30.5. The predicted molar refractivity (Wildman–Crippen MR) is 157 cm³/mol. The maximum Gasteiger partial charge on any atom is 0.244 e. The molecule has 1 N–H and O–H groups in total. The minimum absolute atomic E-state index is 0.0212. The van der Waals surface area contributed by atoms with E-state index in [0.29, 0.717) is 27.7 Å². The Morgan fingerprint density at radius 3 is 2.13 bits per heavy atom. The van der Waals surface area contributed by atoms with Crippen LogP contribution in [0.3, 0.4) is 0 Å². The van der Waals surface area contributed by atoms with E-state index in [0.717, 1.165) is 16.1 Å². The van der Waals surface area contributed by atoms with Gasteiger partial charge in [-0.2, -0.15) is 0 Å². The van der Waals surface area contributed by atoms with Gasteiger partial charge in [0.15, 0.2) is 0 Å². The summed E-state index contributed by atoms with van der Waals surface area (Å²) in [6.07, 6.45) is 1.98. The lowest BCUT2D eigenvalue weighted by atomic mass is 10.0. The average Bonchev–Trinajstić information content (AvgIpc) is 2.90. The summed E-state index contributed by atoms with van der Waals surface area (Å²) in [5.74, 6) is -0.882. The second kappa shape index (κ2) is 13.8. The zero-order valence-corrected chi connectivity index (χ0v) is 24.5. The number of rotatable bonds is 12. The number of hydrogen-bond acceptors (Lipinski definition) is 4. The summed E-state index contributed by atoms with van der Waals surface area (Å²) in [6.45, 7) is 3.33. The molecular formula is C29H33Cl2N3O4S. The van der Waals surface area contributed by atoms with Crippen LogP contribution >= 0.6 is 23.2 Å². The zero-order valence-electron chi connectivity index (χ0n) is 22.2. The third kappa shape index (κ3) is 8.71. The number of hydrogen-bond donors (Lipinski definition) is 1. The summed E-state index contributed by atoms with van der Waals surface area (Å²) in [5, 5.41) is 3.76. The van der Waals surface area contributed by atoms with Crippen molar-refractivity contribution in [3.63, 3.8) is 0 Å². The molecule has 10 heteroatoms. The fourth-order valence-corrected chi connectivity index (χ4v) is 5.35. The summed E-state index contributed by atoms with van der Waals surface area (Å²) in [5.41, 5.74) is 1.78. The molecule has 0 aliphatic carbocycles. The quantitative estimate of drug-likeness (QED) is 0.310. The van der Waals surface area contributed by atoms with Crippen molar-refractivity contribution in [3.8, 4) is 0 Å². The number of para-hydroxylation sites is 1. The highest BCUT2D eigenvalue weighted by Gasteiger charge is 2.33. The molecule has 208 valence electrons. The highest BCUT2D eigenvalue weighted by atomic mass is 35.5. The van der Waals surface area contributed by atoms with Gasteiger partial charge in [-0.05, 0) is 48.7 Å². The smallest absolute Gasteiger partial charge is 0.244 e. The number of sulfonamides is 1. The topological polar surface area (TPSA) is 86.8 Å². The van der Waals surface area contributed by atoms with E-state index in [1.54, 1.807) is 48.5 Å². The van der Waals surface area contributed by atoms with Crippen LogP contribution < -0.4 is 9.62 Å². The van der Waals surface area contributed by atoms with E-state index < -0.39 is 28.5 Å². The molecule has 0 saturated carbocycles. The van der Waals surface area contributed by atoms with Crippen molar-refractivity contribution in [3.05, 3.63) is 100 Å². The molecular weight excluding hydrogens is 557 g/mol. The van der Waals surface area contributed by atoms with Crippen LogP contribution in [0.15, 0.2) is 78.9 Å². The molecule has 3 rings (SSSR count). The van der Waals surface area contributed by atoms with Gasteiger partial charge in [0, 0.05) is 29.1 Å². The van der Waals surface area contributed by atoms with Gasteiger partial charge in [0.2, 0.25) is 21.8 Å². The maximum absolute atomic E-state index is 14.0. The molecule has 0 aromatic heterocycles. The van der Waals surface area contributed by atoms with Crippen molar-refractivity contribution >= 4 is 50.7 Å². The minimum Gasteiger partial charge on any atom is -0.352 e. The van der Waals surface area contributed by atoms with Gasteiger partial charge >= 0.3 is 0 Å². The number of carbonyl (C=O) groups is 2. The first-order chi connectivity index (χ1) is 18.5. The van der Waals surface area contributed by atoms with E-state index >= 15 is 0 Å². The number of anilines is 1. The number of nitrogens with one attached hydrogen (secondary N) is 1. The SMILES string of the molecule is CC[C@@H](C)NC(=O)[C@H](Cc1ccccc1)N(Cc1ccc(Cl)cc1Cl)C(=O)CN(c1ccccc1)S(C)(=O)=O. The van der Waals surface area contributed by atoms with E-state index in [1.807, 2.05) is 44.2 Å². The van der Waals surface area contributed by atoms with Gasteiger partial charge < -0.3 is 10.2 Å². The monoisotopic (exact) mass is 589 g/mol.